The number of benzene rings is 2. The second kappa shape index (κ2) is 8.97. The fraction of sp³-hybridized carbons (Fsp3) is 0.381. The predicted molar refractivity (Wildman–Crippen MR) is 112 cm³/mol. The van der Waals surface area contributed by atoms with E-state index >= 15 is 0 Å². The average Bonchev–Trinajstić information content (AvgIpc) is 2.92. The summed E-state index contributed by atoms with van der Waals surface area (Å²) in [6.07, 6.45) is 6.68. The molecule has 150 valence electrons. The number of hydrogen-bond acceptors (Lipinski definition) is 3. The van der Waals surface area contributed by atoms with Crippen molar-refractivity contribution in [2.24, 2.45) is 0 Å². The van der Waals surface area contributed by atoms with Gasteiger partial charge in [0.05, 0.1) is 10.6 Å². The summed E-state index contributed by atoms with van der Waals surface area (Å²) in [5.41, 5.74) is 1.58. The van der Waals surface area contributed by atoms with E-state index in [0.717, 1.165) is 31.2 Å². The van der Waals surface area contributed by atoms with Crippen LogP contribution < -0.4 is 10.0 Å². The number of carbonyl (C=O) groups is 1. The molecule has 1 aliphatic carbocycles. The van der Waals surface area contributed by atoms with E-state index in [4.69, 9.17) is 11.6 Å². The lowest BCUT2D eigenvalue weighted by Crippen LogP contribution is -2.34. The molecule has 0 unspecified atom stereocenters. The van der Waals surface area contributed by atoms with Gasteiger partial charge in [-0.25, -0.2) is 8.42 Å². The summed E-state index contributed by atoms with van der Waals surface area (Å²) in [6, 6.07) is 11.2. The van der Waals surface area contributed by atoms with Crippen molar-refractivity contribution in [2.75, 3.05) is 4.72 Å². The van der Waals surface area contributed by atoms with Crippen LogP contribution in [0.25, 0.3) is 0 Å². The topological polar surface area (TPSA) is 75.3 Å². The molecule has 0 atom stereocenters. The fourth-order valence-corrected chi connectivity index (χ4v) is 4.63. The van der Waals surface area contributed by atoms with E-state index in [1.807, 2.05) is 0 Å². The molecule has 1 aliphatic rings. The minimum absolute atomic E-state index is 0.115. The third kappa shape index (κ3) is 5.26. The standard InChI is InChI=1S/C21H25ClN2O3S/c1-15-8-9-16(21(25)23-18-6-4-2-3-5-7-18)14-20(15)24-28(26,27)19-12-10-17(22)11-13-19/h8-14,18,24H,2-7H2,1H3,(H,23,25). The molecule has 0 aromatic heterocycles. The van der Waals surface area contributed by atoms with Crippen LogP contribution in [-0.4, -0.2) is 20.4 Å². The third-order valence-corrected chi connectivity index (χ3v) is 6.69. The SMILES string of the molecule is Cc1ccc(C(=O)NC2CCCCCC2)cc1NS(=O)(=O)c1ccc(Cl)cc1. The van der Waals surface area contributed by atoms with Crippen LogP contribution in [0.5, 0.6) is 0 Å². The second-order valence-electron chi connectivity index (χ2n) is 7.25. The quantitative estimate of drug-likeness (QED) is 0.675. The van der Waals surface area contributed by atoms with Gasteiger partial charge >= 0.3 is 0 Å². The van der Waals surface area contributed by atoms with Gasteiger partial charge in [-0.3, -0.25) is 9.52 Å². The molecule has 1 amide bonds. The summed E-state index contributed by atoms with van der Waals surface area (Å²) in [6.45, 7) is 1.80. The minimum Gasteiger partial charge on any atom is -0.349 e. The lowest BCUT2D eigenvalue weighted by atomic mass is 10.1. The van der Waals surface area contributed by atoms with Crippen LogP contribution in [0.3, 0.4) is 0 Å². The molecule has 5 nitrogen and oxygen atoms in total. The largest absolute Gasteiger partial charge is 0.349 e. The lowest BCUT2D eigenvalue weighted by molar-refractivity contribution is 0.0933. The molecule has 3 rings (SSSR count). The molecule has 0 aliphatic heterocycles. The number of hydrogen-bond donors (Lipinski definition) is 2. The van der Waals surface area contributed by atoms with Gasteiger partial charge in [-0.2, -0.15) is 0 Å². The summed E-state index contributed by atoms with van der Waals surface area (Å²) in [5, 5.41) is 3.56. The summed E-state index contributed by atoms with van der Waals surface area (Å²) >= 11 is 5.83. The van der Waals surface area contributed by atoms with Crippen LogP contribution in [0.2, 0.25) is 5.02 Å². The zero-order valence-electron chi connectivity index (χ0n) is 15.9. The third-order valence-electron chi connectivity index (χ3n) is 5.06. The Morgan fingerprint density at radius 3 is 2.29 bits per heavy atom. The Labute approximate surface area is 171 Å². The van der Waals surface area contributed by atoms with E-state index in [9.17, 15) is 13.2 Å². The maximum absolute atomic E-state index is 12.7. The molecule has 0 radical (unpaired) electrons. The number of carbonyl (C=O) groups excluding carboxylic acids is 1. The first-order valence-corrected chi connectivity index (χ1v) is 11.4. The van der Waals surface area contributed by atoms with Crippen LogP contribution in [0, 0.1) is 6.92 Å². The highest BCUT2D eigenvalue weighted by atomic mass is 35.5. The Hall–Kier alpha value is -2.05. The van der Waals surface area contributed by atoms with Gasteiger partial charge in [0.25, 0.3) is 15.9 Å². The Kier molecular flexibility index (Phi) is 6.62. The van der Waals surface area contributed by atoms with Gasteiger partial charge in [-0.05, 0) is 61.7 Å². The maximum atomic E-state index is 12.7. The van der Waals surface area contributed by atoms with Crippen LogP contribution in [-0.2, 0) is 10.0 Å². The van der Waals surface area contributed by atoms with Crippen molar-refractivity contribution in [3.8, 4) is 0 Å². The summed E-state index contributed by atoms with van der Waals surface area (Å²) in [7, 11) is -3.77. The highest BCUT2D eigenvalue weighted by Crippen LogP contribution is 2.23. The molecule has 0 heterocycles. The monoisotopic (exact) mass is 420 g/mol. The van der Waals surface area contributed by atoms with E-state index in [-0.39, 0.29) is 16.8 Å². The van der Waals surface area contributed by atoms with Crippen LogP contribution in [0.1, 0.15) is 54.4 Å². The van der Waals surface area contributed by atoms with E-state index < -0.39 is 10.0 Å². The van der Waals surface area contributed by atoms with Gasteiger partial charge < -0.3 is 5.32 Å². The van der Waals surface area contributed by atoms with Crippen molar-refractivity contribution in [3.63, 3.8) is 0 Å². The zero-order chi connectivity index (χ0) is 20.1. The van der Waals surface area contributed by atoms with Crippen molar-refractivity contribution in [3.05, 3.63) is 58.6 Å². The van der Waals surface area contributed by atoms with Gasteiger partial charge in [-0.1, -0.05) is 43.4 Å². The second-order valence-corrected chi connectivity index (χ2v) is 9.37. The van der Waals surface area contributed by atoms with E-state index in [2.05, 4.69) is 10.0 Å². The Morgan fingerprint density at radius 2 is 1.64 bits per heavy atom. The molecule has 0 saturated heterocycles. The molecule has 2 aromatic rings. The lowest BCUT2D eigenvalue weighted by Gasteiger charge is -2.17. The smallest absolute Gasteiger partial charge is 0.261 e. The van der Waals surface area contributed by atoms with Crippen molar-refractivity contribution < 1.29 is 13.2 Å². The first-order valence-electron chi connectivity index (χ1n) is 9.55. The van der Waals surface area contributed by atoms with Crippen LogP contribution >= 0.6 is 11.6 Å². The number of rotatable bonds is 5. The molecule has 0 spiro atoms. The number of sulfonamides is 1. The molecule has 1 saturated carbocycles. The minimum atomic E-state index is -3.77. The van der Waals surface area contributed by atoms with Crippen molar-refractivity contribution >= 4 is 33.2 Å². The molecule has 7 heteroatoms. The van der Waals surface area contributed by atoms with Crippen molar-refractivity contribution in [1.82, 2.24) is 5.32 Å². The van der Waals surface area contributed by atoms with Gasteiger partial charge in [-0.15, -0.1) is 0 Å². The number of halogens is 1. The summed E-state index contributed by atoms with van der Waals surface area (Å²) in [5.74, 6) is -0.168. The Morgan fingerprint density at radius 1 is 1.00 bits per heavy atom. The average molecular weight is 421 g/mol. The molecule has 2 N–H and O–H groups in total. The van der Waals surface area contributed by atoms with E-state index in [0.29, 0.717) is 16.3 Å². The highest BCUT2D eigenvalue weighted by Gasteiger charge is 2.19. The number of nitrogens with one attached hydrogen (secondary N) is 2. The molecule has 28 heavy (non-hydrogen) atoms. The predicted octanol–water partition coefficient (Wildman–Crippen LogP) is 4.90. The fourth-order valence-electron chi connectivity index (χ4n) is 3.38. The molecular weight excluding hydrogens is 396 g/mol. The normalized spacial score (nSPS) is 15.6. The summed E-state index contributed by atoms with van der Waals surface area (Å²) in [4.78, 5) is 12.8. The molecule has 0 bridgehead atoms. The van der Waals surface area contributed by atoms with Crippen molar-refractivity contribution in [1.29, 1.82) is 0 Å². The Bertz CT molecular complexity index is 935. The summed E-state index contributed by atoms with van der Waals surface area (Å²) < 4.78 is 27.9. The molecule has 1 fully saturated rings. The highest BCUT2D eigenvalue weighted by molar-refractivity contribution is 7.92. The number of anilines is 1. The van der Waals surface area contributed by atoms with Gasteiger partial charge in [0.2, 0.25) is 0 Å². The van der Waals surface area contributed by atoms with E-state index in [1.165, 1.54) is 37.1 Å². The van der Waals surface area contributed by atoms with Gasteiger partial charge in [0, 0.05) is 16.6 Å². The van der Waals surface area contributed by atoms with Gasteiger partial charge in [0.1, 0.15) is 0 Å². The first kappa shape index (κ1) is 20.7. The number of amides is 1. The zero-order valence-corrected chi connectivity index (χ0v) is 17.4. The number of aryl methyl sites for hydroxylation is 1. The Balaban J connectivity index is 1.77. The van der Waals surface area contributed by atoms with Crippen LogP contribution in [0.4, 0.5) is 5.69 Å². The first-order chi connectivity index (χ1) is 13.3. The maximum Gasteiger partial charge on any atom is 0.261 e. The molecule has 2 aromatic carbocycles. The van der Waals surface area contributed by atoms with Crippen LogP contribution in [0.15, 0.2) is 47.4 Å². The van der Waals surface area contributed by atoms with Crippen molar-refractivity contribution in [2.45, 2.75) is 56.4 Å². The van der Waals surface area contributed by atoms with Gasteiger partial charge in [0.15, 0.2) is 0 Å². The van der Waals surface area contributed by atoms with E-state index in [1.54, 1.807) is 25.1 Å². The molecular formula is C21H25ClN2O3S.